The molecule has 0 bridgehead atoms. The molecule has 0 saturated heterocycles. The van der Waals surface area contributed by atoms with Crippen molar-refractivity contribution in [2.75, 3.05) is 5.32 Å². The average molecular weight is 315 g/mol. The Kier molecular flexibility index (Phi) is 4.24. The van der Waals surface area contributed by atoms with E-state index in [9.17, 15) is 4.39 Å². The van der Waals surface area contributed by atoms with Crippen LogP contribution in [0.1, 0.15) is 5.56 Å². The van der Waals surface area contributed by atoms with Crippen molar-refractivity contribution in [1.82, 2.24) is 0 Å². The summed E-state index contributed by atoms with van der Waals surface area (Å²) < 4.78 is 13.0. The summed E-state index contributed by atoms with van der Waals surface area (Å²) in [4.78, 5) is 0.237. The SMILES string of the molecule is NC(=S)c1ccc(Nc2ccc(F)c(Cl)c2)cc1Cl. The molecule has 0 saturated carbocycles. The van der Waals surface area contributed by atoms with Crippen LogP contribution in [0.15, 0.2) is 36.4 Å². The topological polar surface area (TPSA) is 38.0 Å². The first-order chi connectivity index (χ1) is 8.97. The van der Waals surface area contributed by atoms with E-state index in [4.69, 9.17) is 41.2 Å². The zero-order valence-electron chi connectivity index (χ0n) is 9.58. The first-order valence-corrected chi connectivity index (χ1v) is 6.45. The minimum Gasteiger partial charge on any atom is -0.389 e. The van der Waals surface area contributed by atoms with Gasteiger partial charge in [0.1, 0.15) is 10.8 Å². The van der Waals surface area contributed by atoms with E-state index in [1.165, 1.54) is 12.1 Å². The molecule has 0 atom stereocenters. The molecule has 0 aliphatic heterocycles. The second-order valence-corrected chi connectivity index (χ2v) is 5.07. The Morgan fingerprint density at radius 1 is 1.05 bits per heavy atom. The number of nitrogens with two attached hydrogens (primary N) is 1. The van der Waals surface area contributed by atoms with Crippen LogP contribution in [0, 0.1) is 5.82 Å². The van der Waals surface area contributed by atoms with Crippen molar-refractivity contribution in [1.29, 1.82) is 0 Å². The van der Waals surface area contributed by atoms with Gasteiger partial charge in [-0.05, 0) is 36.4 Å². The van der Waals surface area contributed by atoms with Crippen LogP contribution in [0.3, 0.4) is 0 Å². The van der Waals surface area contributed by atoms with Gasteiger partial charge in [0, 0.05) is 16.9 Å². The lowest BCUT2D eigenvalue weighted by Crippen LogP contribution is -2.09. The van der Waals surface area contributed by atoms with Gasteiger partial charge in [0.2, 0.25) is 0 Å². The molecular weight excluding hydrogens is 306 g/mol. The maximum atomic E-state index is 13.0. The van der Waals surface area contributed by atoms with Crippen LogP contribution < -0.4 is 11.1 Å². The molecule has 98 valence electrons. The average Bonchev–Trinajstić information content (AvgIpc) is 2.33. The Balaban J connectivity index is 2.26. The predicted molar refractivity (Wildman–Crippen MR) is 82.0 cm³/mol. The number of rotatable bonds is 3. The fourth-order valence-corrected chi connectivity index (χ4v) is 2.23. The minimum atomic E-state index is -0.464. The molecule has 0 amide bonds. The van der Waals surface area contributed by atoms with E-state index in [0.717, 1.165) is 5.69 Å². The summed E-state index contributed by atoms with van der Waals surface area (Å²) >= 11 is 16.6. The number of hydrogen-bond donors (Lipinski definition) is 2. The number of benzene rings is 2. The number of halogens is 3. The van der Waals surface area contributed by atoms with Crippen molar-refractivity contribution >= 4 is 51.8 Å². The van der Waals surface area contributed by atoms with E-state index in [2.05, 4.69) is 5.32 Å². The highest BCUT2D eigenvalue weighted by Crippen LogP contribution is 2.26. The van der Waals surface area contributed by atoms with Gasteiger partial charge in [-0.1, -0.05) is 35.4 Å². The largest absolute Gasteiger partial charge is 0.389 e. The molecule has 0 fully saturated rings. The molecule has 0 aliphatic carbocycles. The molecule has 2 rings (SSSR count). The molecule has 0 heterocycles. The second kappa shape index (κ2) is 5.74. The smallest absolute Gasteiger partial charge is 0.141 e. The van der Waals surface area contributed by atoms with E-state index in [-0.39, 0.29) is 10.0 Å². The number of nitrogens with one attached hydrogen (secondary N) is 1. The lowest BCUT2D eigenvalue weighted by Gasteiger charge is -2.09. The van der Waals surface area contributed by atoms with E-state index < -0.39 is 5.82 Å². The van der Waals surface area contributed by atoms with E-state index in [0.29, 0.717) is 16.3 Å². The van der Waals surface area contributed by atoms with Gasteiger partial charge in [-0.25, -0.2) is 4.39 Å². The molecule has 0 aliphatic rings. The zero-order chi connectivity index (χ0) is 14.0. The third-order valence-electron chi connectivity index (χ3n) is 2.44. The lowest BCUT2D eigenvalue weighted by atomic mass is 10.2. The Bertz CT molecular complexity index is 647. The highest BCUT2D eigenvalue weighted by atomic mass is 35.5. The highest BCUT2D eigenvalue weighted by Gasteiger charge is 2.05. The van der Waals surface area contributed by atoms with E-state index >= 15 is 0 Å². The second-order valence-electron chi connectivity index (χ2n) is 3.81. The van der Waals surface area contributed by atoms with Gasteiger partial charge < -0.3 is 11.1 Å². The van der Waals surface area contributed by atoms with Crippen LogP contribution in [0.4, 0.5) is 15.8 Å². The Morgan fingerprint density at radius 2 is 1.63 bits per heavy atom. The van der Waals surface area contributed by atoms with Crippen molar-refractivity contribution in [3.05, 3.63) is 57.8 Å². The monoisotopic (exact) mass is 314 g/mol. The van der Waals surface area contributed by atoms with Gasteiger partial charge >= 0.3 is 0 Å². The fraction of sp³-hybridized carbons (Fsp3) is 0. The minimum absolute atomic E-state index is 0.0517. The van der Waals surface area contributed by atoms with Gasteiger partial charge in [-0.2, -0.15) is 0 Å². The summed E-state index contributed by atoms with van der Waals surface area (Å²) in [6.45, 7) is 0. The van der Waals surface area contributed by atoms with Crippen LogP contribution in [-0.2, 0) is 0 Å². The van der Waals surface area contributed by atoms with Crippen molar-refractivity contribution in [3.63, 3.8) is 0 Å². The summed E-state index contributed by atoms with van der Waals surface area (Å²) in [6.07, 6.45) is 0. The summed E-state index contributed by atoms with van der Waals surface area (Å²) in [5, 5.41) is 3.56. The van der Waals surface area contributed by atoms with Gasteiger partial charge in [0.05, 0.1) is 10.0 Å². The summed E-state index contributed by atoms with van der Waals surface area (Å²) in [6, 6.07) is 9.54. The standard InChI is InChI=1S/C13H9Cl2FN2S/c14-10-5-7(1-3-9(10)13(17)19)18-8-2-4-12(16)11(15)6-8/h1-6,18H,(H2,17,19). The molecule has 2 nitrogen and oxygen atoms in total. The summed E-state index contributed by atoms with van der Waals surface area (Å²) in [5.41, 5.74) is 7.52. The lowest BCUT2D eigenvalue weighted by molar-refractivity contribution is 0.628. The molecular formula is C13H9Cl2FN2S. The highest BCUT2D eigenvalue weighted by molar-refractivity contribution is 7.80. The molecule has 2 aromatic carbocycles. The summed E-state index contributed by atoms with van der Waals surface area (Å²) in [7, 11) is 0. The van der Waals surface area contributed by atoms with Crippen LogP contribution in [0.25, 0.3) is 0 Å². The van der Waals surface area contributed by atoms with Crippen molar-refractivity contribution < 1.29 is 4.39 Å². The first kappa shape index (κ1) is 14.1. The number of anilines is 2. The number of hydrogen-bond acceptors (Lipinski definition) is 2. The molecule has 2 aromatic rings. The Morgan fingerprint density at radius 3 is 2.16 bits per heavy atom. The third kappa shape index (κ3) is 3.35. The van der Waals surface area contributed by atoms with Gasteiger partial charge in [0.25, 0.3) is 0 Å². The third-order valence-corrected chi connectivity index (χ3v) is 3.27. The van der Waals surface area contributed by atoms with E-state index in [1.807, 2.05) is 0 Å². The van der Waals surface area contributed by atoms with Crippen LogP contribution >= 0.6 is 35.4 Å². The molecule has 0 spiro atoms. The van der Waals surface area contributed by atoms with Gasteiger partial charge in [-0.15, -0.1) is 0 Å². The molecule has 3 N–H and O–H groups in total. The Labute approximate surface area is 125 Å². The van der Waals surface area contributed by atoms with Crippen LogP contribution in [0.2, 0.25) is 10.0 Å². The first-order valence-electron chi connectivity index (χ1n) is 5.29. The molecule has 0 radical (unpaired) electrons. The van der Waals surface area contributed by atoms with Crippen molar-refractivity contribution in [3.8, 4) is 0 Å². The van der Waals surface area contributed by atoms with E-state index in [1.54, 1.807) is 24.3 Å². The van der Waals surface area contributed by atoms with Crippen LogP contribution in [-0.4, -0.2) is 4.99 Å². The summed E-state index contributed by atoms with van der Waals surface area (Å²) in [5.74, 6) is -0.464. The molecule has 0 aromatic heterocycles. The normalized spacial score (nSPS) is 10.3. The molecule has 6 heteroatoms. The van der Waals surface area contributed by atoms with Gasteiger partial charge in [-0.3, -0.25) is 0 Å². The predicted octanol–water partition coefficient (Wildman–Crippen LogP) is 4.51. The van der Waals surface area contributed by atoms with Crippen molar-refractivity contribution in [2.24, 2.45) is 5.73 Å². The maximum absolute atomic E-state index is 13.0. The maximum Gasteiger partial charge on any atom is 0.141 e. The van der Waals surface area contributed by atoms with Gasteiger partial charge in [0.15, 0.2) is 0 Å². The zero-order valence-corrected chi connectivity index (χ0v) is 11.9. The van der Waals surface area contributed by atoms with Crippen molar-refractivity contribution in [2.45, 2.75) is 0 Å². The van der Waals surface area contributed by atoms with Crippen LogP contribution in [0.5, 0.6) is 0 Å². The fourth-order valence-electron chi connectivity index (χ4n) is 1.53. The molecule has 19 heavy (non-hydrogen) atoms. The number of thiocarbonyl (C=S) groups is 1. The quantitative estimate of drug-likeness (QED) is 0.819. The Hall–Kier alpha value is -1.36. The molecule has 0 unspecified atom stereocenters.